The lowest BCUT2D eigenvalue weighted by Crippen LogP contribution is -2.27. The van der Waals surface area contributed by atoms with Gasteiger partial charge in [-0.3, -0.25) is 4.79 Å². The molecule has 1 aromatic rings. The van der Waals surface area contributed by atoms with E-state index in [2.05, 4.69) is 18.6 Å². The zero-order valence-electron chi connectivity index (χ0n) is 12.2. The quantitative estimate of drug-likeness (QED) is 0.735. The van der Waals surface area contributed by atoms with Crippen LogP contribution in [0.5, 0.6) is 5.75 Å². The van der Waals surface area contributed by atoms with Gasteiger partial charge in [0, 0.05) is 5.92 Å². The van der Waals surface area contributed by atoms with Gasteiger partial charge in [0.2, 0.25) is 0 Å². The van der Waals surface area contributed by atoms with Crippen LogP contribution in [0.1, 0.15) is 49.9 Å². The SMILES string of the molecule is CC1(C)CCC(C(=O)c2ccccc2OC(F)(F)F)CC1. The first-order valence-corrected chi connectivity index (χ1v) is 7.07. The van der Waals surface area contributed by atoms with E-state index in [0.29, 0.717) is 12.8 Å². The molecule has 0 radical (unpaired) electrons. The summed E-state index contributed by atoms with van der Waals surface area (Å²) in [7, 11) is 0. The summed E-state index contributed by atoms with van der Waals surface area (Å²) in [6.45, 7) is 4.29. The van der Waals surface area contributed by atoms with Gasteiger partial charge >= 0.3 is 6.36 Å². The third-order valence-electron chi connectivity index (χ3n) is 4.09. The second-order valence-electron chi connectivity index (χ2n) is 6.35. The van der Waals surface area contributed by atoms with Crippen LogP contribution >= 0.6 is 0 Å². The first-order chi connectivity index (χ1) is 9.68. The molecule has 2 nitrogen and oxygen atoms in total. The van der Waals surface area contributed by atoms with E-state index in [1.165, 1.54) is 18.2 Å². The largest absolute Gasteiger partial charge is 0.573 e. The van der Waals surface area contributed by atoms with Gasteiger partial charge in [-0.15, -0.1) is 13.2 Å². The Bertz CT molecular complexity index is 510. The molecule has 0 unspecified atom stereocenters. The van der Waals surface area contributed by atoms with Crippen LogP contribution in [0.4, 0.5) is 13.2 Å². The minimum atomic E-state index is -4.79. The average Bonchev–Trinajstić information content (AvgIpc) is 2.37. The van der Waals surface area contributed by atoms with Crippen molar-refractivity contribution < 1.29 is 22.7 Å². The Morgan fingerprint density at radius 3 is 2.33 bits per heavy atom. The molecule has 1 aliphatic rings. The number of hydrogen-bond donors (Lipinski definition) is 0. The van der Waals surface area contributed by atoms with Crippen molar-refractivity contribution in [3.8, 4) is 5.75 Å². The summed E-state index contributed by atoms with van der Waals surface area (Å²) in [4.78, 5) is 12.5. The number of carbonyl (C=O) groups is 1. The van der Waals surface area contributed by atoms with Crippen molar-refractivity contribution in [1.29, 1.82) is 0 Å². The highest BCUT2D eigenvalue weighted by atomic mass is 19.4. The number of hydrogen-bond acceptors (Lipinski definition) is 2. The van der Waals surface area contributed by atoms with Gasteiger partial charge in [-0.25, -0.2) is 0 Å². The van der Waals surface area contributed by atoms with Crippen LogP contribution in [-0.2, 0) is 0 Å². The molecular weight excluding hydrogens is 281 g/mol. The van der Waals surface area contributed by atoms with Gasteiger partial charge in [-0.1, -0.05) is 26.0 Å². The van der Waals surface area contributed by atoms with Crippen molar-refractivity contribution in [2.75, 3.05) is 0 Å². The van der Waals surface area contributed by atoms with Gasteiger partial charge < -0.3 is 4.74 Å². The summed E-state index contributed by atoms with van der Waals surface area (Å²) in [6.07, 6.45) is -1.54. The number of halogens is 3. The monoisotopic (exact) mass is 300 g/mol. The standard InChI is InChI=1S/C16H19F3O2/c1-15(2)9-7-11(8-10-15)14(20)12-5-3-4-6-13(12)21-16(17,18)19/h3-6,11H,7-10H2,1-2H3. The highest BCUT2D eigenvalue weighted by Crippen LogP contribution is 2.40. The van der Waals surface area contributed by atoms with Crippen molar-refractivity contribution >= 4 is 5.78 Å². The fourth-order valence-corrected chi connectivity index (χ4v) is 2.77. The van der Waals surface area contributed by atoms with E-state index >= 15 is 0 Å². The summed E-state index contributed by atoms with van der Waals surface area (Å²) in [5, 5.41) is 0. The molecule has 1 aliphatic carbocycles. The normalized spacial score (nSPS) is 19.3. The maximum atomic E-state index is 12.5. The van der Waals surface area contributed by atoms with Crippen LogP contribution in [0.25, 0.3) is 0 Å². The van der Waals surface area contributed by atoms with Crippen molar-refractivity contribution in [3.63, 3.8) is 0 Å². The van der Waals surface area contributed by atoms with Crippen LogP contribution in [0.15, 0.2) is 24.3 Å². The van der Waals surface area contributed by atoms with Gasteiger partial charge in [0.25, 0.3) is 0 Å². The zero-order chi connectivity index (χ0) is 15.7. The third-order valence-corrected chi connectivity index (χ3v) is 4.09. The number of ketones is 1. The van der Waals surface area contributed by atoms with E-state index in [0.717, 1.165) is 12.8 Å². The summed E-state index contributed by atoms with van der Waals surface area (Å²) in [5.41, 5.74) is 0.234. The maximum absolute atomic E-state index is 12.5. The van der Waals surface area contributed by atoms with Crippen molar-refractivity contribution in [2.24, 2.45) is 11.3 Å². The van der Waals surface area contributed by atoms with E-state index in [1.54, 1.807) is 6.07 Å². The molecular formula is C16H19F3O2. The van der Waals surface area contributed by atoms with Gasteiger partial charge in [0.15, 0.2) is 5.78 Å². The van der Waals surface area contributed by atoms with Gasteiger partial charge in [-0.2, -0.15) is 0 Å². The summed E-state index contributed by atoms with van der Waals surface area (Å²) in [6, 6.07) is 5.59. The van der Waals surface area contributed by atoms with Crippen LogP contribution in [0.3, 0.4) is 0 Å². The van der Waals surface area contributed by atoms with Crippen LogP contribution in [-0.4, -0.2) is 12.1 Å². The van der Waals surface area contributed by atoms with E-state index in [4.69, 9.17) is 0 Å². The Morgan fingerprint density at radius 2 is 1.76 bits per heavy atom. The van der Waals surface area contributed by atoms with Crippen molar-refractivity contribution in [1.82, 2.24) is 0 Å². The van der Waals surface area contributed by atoms with Crippen LogP contribution in [0, 0.1) is 11.3 Å². The molecule has 0 spiro atoms. The minimum Gasteiger partial charge on any atom is -0.405 e. The molecule has 1 fully saturated rings. The summed E-state index contributed by atoms with van der Waals surface area (Å²) < 4.78 is 41.2. The van der Waals surface area contributed by atoms with Crippen molar-refractivity contribution in [2.45, 2.75) is 45.9 Å². The number of rotatable bonds is 3. The minimum absolute atomic E-state index is 0.0273. The molecule has 0 aromatic heterocycles. The number of benzene rings is 1. The van der Waals surface area contributed by atoms with Crippen LogP contribution in [0.2, 0.25) is 0 Å². The molecule has 0 saturated heterocycles. The Kier molecular flexibility index (Phi) is 4.30. The Balaban J connectivity index is 2.16. The van der Waals surface area contributed by atoms with Gasteiger partial charge in [0.1, 0.15) is 5.75 Å². The smallest absolute Gasteiger partial charge is 0.405 e. The fourth-order valence-electron chi connectivity index (χ4n) is 2.77. The van der Waals surface area contributed by atoms with E-state index in [-0.39, 0.29) is 22.7 Å². The molecule has 0 aliphatic heterocycles. The van der Waals surface area contributed by atoms with Crippen LogP contribution < -0.4 is 4.74 Å². The average molecular weight is 300 g/mol. The Labute approximate surface area is 122 Å². The van der Waals surface area contributed by atoms with Crippen molar-refractivity contribution in [3.05, 3.63) is 29.8 Å². The molecule has 5 heteroatoms. The number of Topliss-reactive ketones (excluding diaryl/α,β-unsaturated/α-hetero) is 1. The first-order valence-electron chi connectivity index (χ1n) is 7.07. The Morgan fingerprint density at radius 1 is 1.19 bits per heavy atom. The highest BCUT2D eigenvalue weighted by molar-refractivity contribution is 6.00. The second kappa shape index (κ2) is 5.70. The summed E-state index contributed by atoms with van der Waals surface area (Å²) in [5.74, 6) is -0.860. The topological polar surface area (TPSA) is 26.3 Å². The molecule has 21 heavy (non-hydrogen) atoms. The third kappa shape index (κ3) is 4.22. The number of para-hydroxylation sites is 1. The summed E-state index contributed by atoms with van der Waals surface area (Å²) >= 11 is 0. The maximum Gasteiger partial charge on any atom is 0.573 e. The lowest BCUT2D eigenvalue weighted by Gasteiger charge is -2.33. The van der Waals surface area contributed by atoms with Gasteiger partial charge in [0.05, 0.1) is 5.56 Å². The molecule has 0 bridgehead atoms. The second-order valence-corrected chi connectivity index (χ2v) is 6.35. The molecule has 116 valence electrons. The number of alkyl halides is 3. The van der Waals surface area contributed by atoms with E-state index < -0.39 is 12.1 Å². The molecule has 0 amide bonds. The molecule has 1 saturated carbocycles. The highest BCUT2D eigenvalue weighted by Gasteiger charge is 2.35. The van der Waals surface area contributed by atoms with E-state index in [1.807, 2.05) is 0 Å². The molecule has 0 atom stereocenters. The first kappa shape index (κ1) is 15.9. The zero-order valence-corrected chi connectivity index (χ0v) is 12.2. The van der Waals surface area contributed by atoms with Gasteiger partial charge in [-0.05, 0) is 43.2 Å². The predicted octanol–water partition coefficient (Wildman–Crippen LogP) is 4.98. The fraction of sp³-hybridized carbons (Fsp3) is 0.562. The molecule has 0 N–H and O–H groups in total. The molecule has 1 aromatic carbocycles. The lowest BCUT2D eigenvalue weighted by molar-refractivity contribution is -0.274. The predicted molar refractivity (Wildman–Crippen MR) is 73.2 cm³/mol. The Hall–Kier alpha value is -1.52. The lowest BCUT2D eigenvalue weighted by atomic mass is 9.71. The number of carbonyl (C=O) groups excluding carboxylic acids is 1. The van der Waals surface area contributed by atoms with E-state index in [9.17, 15) is 18.0 Å². The molecule has 0 heterocycles. The molecule has 2 rings (SSSR count). The number of ether oxygens (including phenoxy) is 1.